The van der Waals surface area contributed by atoms with Gasteiger partial charge in [-0.3, -0.25) is 15.6 Å². The van der Waals surface area contributed by atoms with Crippen LogP contribution in [0.25, 0.3) is 11.3 Å². The third kappa shape index (κ3) is 4.51. The predicted molar refractivity (Wildman–Crippen MR) is 124 cm³/mol. The lowest BCUT2D eigenvalue weighted by Crippen LogP contribution is -2.34. The Hall–Kier alpha value is -3.06. The van der Waals surface area contributed by atoms with Gasteiger partial charge in [0.05, 0.1) is 22.0 Å². The molecule has 0 aliphatic carbocycles. The van der Waals surface area contributed by atoms with Crippen LogP contribution < -0.4 is 21.0 Å². The molecule has 1 aliphatic heterocycles. The van der Waals surface area contributed by atoms with Gasteiger partial charge in [0.1, 0.15) is 0 Å². The maximum absolute atomic E-state index is 12.8. The van der Waals surface area contributed by atoms with Gasteiger partial charge in [0, 0.05) is 15.4 Å². The fourth-order valence-corrected chi connectivity index (χ4v) is 4.25. The molecular formula is C19H15BrN6O3S2. The lowest BCUT2D eigenvalue weighted by atomic mass is 10.2. The number of hydrogen-bond donors (Lipinski definition) is 3. The second-order valence-electron chi connectivity index (χ2n) is 6.39. The number of nitrogens with zero attached hydrogens (tertiary/aromatic N) is 3. The number of carbonyl (C=O) groups excluding carboxylic acids is 1. The highest BCUT2D eigenvalue weighted by molar-refractivity contribution is 9.10. The molecule has 0 unspecified atom stereocenters. The number of carbonyl (C=O) groups is 1. The van der Waals surface area contributed by atoms with Crippen LogP contribution in [0.5, 0.6) is 0 Å². The largest absolute Gasteiger partial charge is 0.301 e. The first-order valence-corrected chi connectivity index (χ1v) is 11.9. The molecule has 4 N–H and O–H groups in total. The molecule has 1 aromatic heterocycles. The minimum atomic E-state index is -3.78. The number of thiazole rings is 1. The van der Waals surface area contributed by atoms with E-state index in [4.69, 9.17) is 5.14 Å². The van der Waals surface area contributed by atoms with E-state index in [1.165, 1.54) is 40.6 Å². The van der Waals surface area contributed by atoms with Crippen LogP contribution in [0, 0.1) is 0 Å². The Labute approximate surface area is 190 Å². The maximum atomic E-state index is 12.8. The smallest absolute Gasteiger partial charge is 0.287 e. The number of hydrogen-bond acceptors (Lipinski definition) is 8. The lowest BCUT2D eigenvalue weighted by molar-refractivity contribution is -0.112. The molecule has 0 radical (unpaired) electrons. The summed E-state index contributed by atoms with van der Waals surface area (Å²) in [7, 11) is -3.78. The molecule has 4 rings (SSSR count). The van der Waals surface area contributed by atoms with Crippen LogP contribution in [-0.4, -0.2) is 25.0 Å². The van der Waals surface area contributed by atoms with Crippen LogP contribution in [0.1, 0.15) is 0 Å². The number of aromatic nitrogens is 1. The van der Waals surface area contributed by atoms with Crippen molar-refractivity contribution < 1.29 is 13.2 Å². The Balaban J connectivity index is 1.51. The van der Waals surface area contributed by atoms with Crippen molar-refractivity contribution >= 4 is 59.7 Å². The van der Waals surface area contributed by atoms with Crippen molar-refractivity contribution in [3.05, 3.63) is 70.7 Å². The number of nitrogens with two attached hydrogens (primary N) is 1. The van der Waals surface area contributed by atoms with Gasteiger partial charge in [0.25, 0.3) is 0 Å². The van der Waals surface area contributed by atoms with Gasteiger partial charge >= 0.3 is 5.91 Å². The first kappa shape index (κ1) is 21.2. The summed E-state index contributed by atoms with van der Waals surface area (Å²) in [6, 6.07) is 13.4. The van der Waals surface area contributed by atoms with Gasteiger partial charge < -0.3 is 0 Å². The summed E-state index contributed by atoms with van der Waals surface area (Å²) < 4.78 is 23.6. The van der Waals surface area contributed by atoms with E-state index in [0.717, 1.165) is 15.7 Å². The Bertz CT molecular complexity index is 1300. The third-order valence-corrected chi connectivity index (χ3v) is 6.52. The lowest BCUT2D eigenvalue weighted by Gasteiger charge is -2.10. The molecule has 31 heavy (non-hydrogen) atoms. The van der Waals surface area contributed by atoms with Gasteiger partial charge in [0.15, 0.2) is 5.71 Å². The minimum absolute atomic E-state index is 0.0229. The summed E-state index contributed by atoms with van der Waals surface area (Å²) >= 11 is 4.71. The zero-order valence-corrected chi connectivity index (χ0v) is 19.0. The molecule has 1 aliphatic rings. The molecule has 2 heterocycles. The van der Waals surface area contributed by atoms with Crippen molar-refractivity contribution in [3.8, 4) is 11.3 Å². The van der Waals surface area contributed by atoms with Crippen molar-refractivity contribution in [2.24, 2.45) is 10.2 Å². The molecule has 158 valence electrons. The normalized spacial score (nSPS) is 15.4. The van der Waals surface area contributed by atoms with Gasteiger partial charge in [0.2, 0.25) is 15.2 Å². The second kappa shape index (κ2) is 8.23. The van der Waals surface area contributed by atoms with E-state index in [-0.39, 0.29) is 10.6 Å². The van der Waals surface area contributed by atoms with E-state index in [9.17, 15) is 13.2 Å². The zero-order chi connectivity index (χ0) is 22.2. The van der Waals surface area contributed by atoms with Crippen LogP contribution in [0.15, 0.2) is 80.7 Å². The topological polar surface area (TPSA) is 130 Å². The predicted octanol–water partition coefficient (Wildman–Crippen LogP) is 3.05. The molecule has 1 saturated heterocycles. The van der Waals surface area contributed by atoms with Crippen molar-refractivity contribution in [1.82, 2.24) is 10.4 Å². The van der Waals surface area contributed by atoms with Crippen molar-refractivity contribution in [3.63, 3.8) is 0 Å². The molecule has 1 amide bonds. The monoisotopic (exact) mass is 518 g/mol. The summed E-state index contributed by atoms with van der Waals surface area (Å²) in [5, 5.41) is 12.8. The highest BCUT2D eigenvalue weighted by Gasteiger charge is 2.34. The molecule has 9 nitrogen and oxygen atoms in total. The molecule has 2 aromatic carbocycles. The molecule has 0 saturated carbocycles. The second-order valence-corrected chi connectivity index (χ2v) is 9.71. The van der Waals surface area contributed by atoms with Crippen molar-refractivity contribution in [1.29, 1.82) is 0 Å². The molecule has 12 heteroatoms. The summed E-state index contributed by atoms with van der Waals surface area (Å²) in [5.74, 6) is -0.421. The van der Waals surface area contributed by atoms with Crippen LogP contribution in [-0.2, 0) is 14.8 Å². The molecule has 0 atom stereocenters. The van der Waals surface area contributed by atoms with Crippen LogP contribution in [0.3, 0.4) is 0 Å². The number of hydrazine groups is 1. The first-order valence-electron chi connectivity index (χ1n) is 8.71. The van der Waals surface area contributed by atoms with Crippen LogP contribution >= 0.6 is 27.3 Å². The summed E-state index contributed by atoms with van der Waals surface area (Å²) in [6.07, 6.45) is 0. The summed E-state index contributed by atoms with van der Waals surface area (Å²) in [6.45, 7) is 3.83. The average molecular weight is 519 g/mol. The summed E-state index contributed by atoms with van der Waals surface area (Å²) in [4.78, 5) is 17.3. The van der Waals surface area contributed by atoms with E-state index >= 15 is 0 Å². The Morgan fingerprint density at radius 2 is 1.84 bits per heavy atom. The number of amides is 1. The summed E-state index contributed by atoms with van der Waals surface area (Å²) in [5.41, 5.74) is 8.12. The van der Waals surface area contributed by atoms with Gasteiger partial charge in [-0.1, -0.05) is 34.6 Å². The number of nitrogens with one attached hydrogen (secondary N) is 2. The Morgan fingerprint density at radius 3 is 2.48 bits per heavy atom. The third-order valence-electron chi connectivity index (χ3n) is 4.24. The molecule has 0 spiro atoms. The average Bonchev–Trinajstić information content (AvgIpc) is 3.32. The quantitative estimate of drug-likeness (QED) is 0.445. The SMILES string of the molecule is C=C1NN(c2nc(-c3ccc(Br)cc3)cs2)C(=O)/C1=N/Nc1ccc(S(N)(=O)=O)cc1. The van der Waals surface area contributed by atoms with E-state index in [1.54, 1.807) is 0 Å². The standard InChI is InChI=1S/C19H15BrN6O3S2/c1-11-17(24-23-14-6-8-15(9-7-14)31(21,28)29)18(27)26(25-11)19-22-16(10-30-19)12-2-4-13(20)5-3-12/h2-10,23,25H,1H2,(H2,21,28,29)/b24-17+. The van der Waals surface area contributed by atoms with Crippen molar-refractivity contribution in [2.45, 2.75) is 4.90 Å². The number of hydrazone groups is 1. The number of benzene rings is 2. The van der Waals surface area contributed by atoms with Crippen LogP contribution in [0.2, 0.25) is 0 Å². The van der Waals surface area contributed by atoms with E-state index in [2.05, 4.69) is 43.4 Å². The van der Waals surface area contributed by atoms with Gasteiger partial charge in [-0.2, -0.15) is 10.1 Å². The molecule has 3 aromatic rings. The maximum Gasteiger partial charge on any atom is 0.301 e. The Kier molecular flexibility index (Phi) is 5.62. The number of sulfonamides is 1. The van der Waals surface area contributed by atoms with Gasteiger partial charge in [-0.05, 0) is 36.4 Å². The van der Waals surface area contributed by atoms with E-state index in [0.29, 0.717) is 16.5 Å². The molecule has 0 bridgehead atoms. The Morgan fingerprint density at radius 1 is 1.16 bits per heavy atom. The van der Waals surface area contributed by atoms with Gasteiger partial charge in [-0.25, -0.2) is 18.5 Å². The fourth-order valence-electron chi connectivity index (χ4n) is 2.68. The van der Waals surface area contributed by atoms with E-state index in [1.807, 2.05) is 29.6 Å². The van der Waals surface area contributed by atoms with E-state index < -0.39 is 15.9 Å². The van der Waals surface area contributed by atoms with Crippen molar-refractivity contribution in [2.75, 3.05) is 10.4 Å². The molecule has 1 fully saturated rings. The molecular weight excluding hydrogens is 504 g/mol. The first-order chi connectivity index (χ1) is 14.7. The number of primary sulfonamides is 1. The fraction of sp³-hybridized carbons (Fsp3) is 0. The van der Waals surface area contributed by atoms with Gasteiger partial charge in [-0.15, -0.1) is 11.3 Å². The number of halogens is 1. The highest BCUT2D eigenvalue weighted by atomic mass is 79.9. The van der Waals surface area contributed by atoms with Crippen LogP contribution in [0.4, 0.5) is 10.8 Å². The number of anilines is 2. The zero-order valence-electron chi connectivity index (χ0n) is 15.7. The highest BCUT2D eigenvalue weighted by Crippen LogP contribution is 2.29. The number of rotatable bonds is 5. The minimum Gasteiger partial charge on any atom is -0.287 e.